The van der Waals surface area contributed by atoms with Gasteiger partial charge in [0.2, 0.25) is 0 Å². The topological polar surface area (TPSA) is 18.5 Å². The van der Waals surface area contributed by atoms with E-state index in [0.717, 1.165) is 12.1 Å². The van der Waals surface area contributed by atoms with Crippen LogP contribution in [0.1, 0.15) is 25.7 Å². The van der Waals surface area contributed by atoms with Crippen molar-refractivity contribution in [2.75, 3.05) is 40.3 Å². The van der Waals surface area contributed by atoms with Crippen molar-refractivity contribution in [2.45, 2.75) is 37.8 Å². The quantitative estimate of drug-likeness (QED) is 0.728. The van der Waals surface area contributed by atoms with E-state index in [4.69, 9.17) is 0 Å². The van der Waals surface area contributed by atoms with Crippen molar-refractivity contribution in [2.24, 2.45) is 0 Å². The Labute approximate surface area is 93.8 Å². The highest BCUT2D eigenvalue weighted by Crippen LogP contribution is 2.19. The van der Waals surface area contributed by atoms with E-state index in [9.17, 15) is 0 Å². The molecule has 88 valence electrons. The second-order valence-corrected chi connectivity index (χ2v) is 5.25. The van der Waals surface area contributed by atoms with Crippen LogP contribution in [0.5, 0.6) is 0 Å². The van der Waals surface area contributed by atoms with Gasteiger partial charge in [-0.25, -0.2) is 0 Å². The molecule has 2 atom stereocenters. The van der Waals surface area contributed by atoms with Gasteiger partial charge in [0.1, 0.15) is 0 Å². The minimum atomic E-state index is 0.778. The highest BCUT2D eigenvalue weighted by atomic mass is 15.2. The molecule has 0 aromatic rings. The predicted molar refractivity (Wildman–Crippen MR) is 64.2 cm³/mol. The molecule has 3 heteroatoms. The van der Waals surface area contributed by atoms with Gasteiger partial charge in [-0.3, -0.25) is 4.90 Å². The van der Waals surface area contributed by atoms with E-state index in [2.05, 4.69) is 29.2 Å². The maximum absolute atomic E-state index is 3.52. The standard InChI is InChI=1S/C12H25N3/c1-14(2)12-6-4-8-15(10-12)11-5-3-7-13-9-11/h11-13H,3-10H2,1-2H3. The summed E-state index contributed by atoms with van der Waals surface area (Å²) in [6, 6.07) is 1.59. The first kappa shape index (κ1) is 11.4. The first-order valence-corrected chi connectivity index (χ1v) is 6.38. The molecule has 0 radical (unpaired) electrons. The van der Waals surface area contributed by atoms with Crippen molar-refractivity contribution in [3.63, 3.8) is 0 Å². The van der Waals surface area contributed by atoms with Crippen molar-refractivity contribution in [3.8, 4) is 0 Å². The fourth-order valence-corrected chi connectivity index (χ4v) is 2.88. The molecule has 0 amide bonds. The number of piperidine rings is 2. The molecule has 15 heavy (non-hydrogen) atoms. The van der Waals surface area contributed by atoms with Gasteiger partial charge in [-0.05, 0) is 52.9 Å². The molecule has 1 N–H and O–H groups in total. The van der Waals surface area contributed by atoms with E-state index in [0.29, 0.717) is 0 Å². The van der Waals surface area contributed by atoms with Crippen LogP contribution in [0.3, 0.4) is 0 Å². The lowest BCUT2D eigenvalue weighted by molar-refractivity contribution is 0.0841. The molecule has 2 heterocycles. The van der Waals surface area contributed by atoms with Gasteiger partial charge in [-0.15, -0.1) is 0 Å². The smallest absolute Gasteiger partial charge is 0.0221 e. The van der Waals surface area contributed by atoms with Gasteiger partial charge >= 0.3 is 0 Å². The minimum absolute atomic E-state index is 0.778. The van der Waals surface area contributed by atoms with Crippen molar-refractivity contribution >= 4 is 0 Å². The summed E-state index contributed by atoms with van der Waals surface area (Å²) >= 11 is 0. The van der Waals surface area contributed by atoms with Crippen molar-refractivity contribution in [1.82, 2.24) is 15.1 Å². The monoisotopic (exact) mass is 211 g/mol. The van der Waals surface area contributed by atoms with Crippen LogP contribution in [0.2, 0.25) is 0 Å². The van der Waals surface area contributed by atoms with Gasteiger partial charge in [0.25, 0.3) is 0 Å². The van der Waals surface area contributed by atoms with Crippen molar-refractivity contribution < 1.29 is 0 Å². The summed E-state index contributed by atoms with van der Waals surface area (Å²) in [6.07, 6.45) is 5.50. The molecule has 3 nitrogen and oxygen atoms in total. The average molecular weight is 211 g/mol. The molecule has 0 bridgehead atoms. The summed E-state index contributed by atoms with van der Waals surface area (Å²) in [5, 5.41) is 3.52. The molecule has 0 saturated carbocycles. The van der Waals surface area contributed by atoms with E-state index >= 15 is 0 Å². The van der Waals surface area contributed by atoms with E-state index in [1.165, 1.54) is 51.9 Å². The van der Waals surface area contributed by atoms with Crippen molar-refractivity contribution in [3.05, 3.63) is 0 Å². The van der Waals surface area contributed by atoms with Crippen LogP contribution in [0, 0.1) is 0 Å². The first-order chi connectivity index (χ1) is 7.27. The normalized spacial score (nSPS) is 34.6. The molecule has 0 aromatic heterocycles. The molecular weight excluding hydrogens is 186 g/mol. The second kappa shape index (κ2) is 5.28. The highest BCUT2D eigenvalue weighted by molar-refractivity contribution is 4.85. The molecule has 0 aliphatic carbocycles. The van der Waals surface area contributed by atoms with Gasteiger partial charge < -0.3 is 10.2 Å². The third-order valence-corrected chi connectivity index (χ3v) is 3.95. The lowest BCUT2D eigenvalue weighted by atomic mass is 9.99. The summed E-state index contributed by atoms with van der Waals surface area (Å²) in [7, 11) is 4.43. The van der Waals surface area contributed by atoms with Crippen LogP contribution < -0.4 is 5.32 Å². The lowest BCUT2D eigenvalue weighted by Crippen LogP contribution is -2.53. The maximum atomic E-state index is 3.52. The Balaban J connectivity index is 1.85. The first-order valence-electron chi connectivity index (χ1n) is 6.38. The van der Waals surface area contributed by atoms with E-state index in [1.54, 1.807) is 0 Å². The number of hydrogen-bond acceptors (Lipinski definition) is 3. The third kappa shape index (κ3) is 2.92. The molecule has 0 aromatic carbocycles. The Bertz CT molecular complexity index is 187. The van der Waals surface area contributed by atoms with E-state index in [-0.39, 0.29) is 0 Å². The fraction of sp³-hybridized carbons (Fsp3) is 1.00. The number of hydrogen-bond donors (Lipinski definition) is 1. The summed E-state index contributed by atoms with van der Waals surface area (Å²) in [5.74, 6) is 0. The van der Waals surface area contributed by atoms with Gasteiger partial charge in [0, 0.05) is 25.2 Å². The molecule has 2 aliphatic heterocycles. The predicted octanol–water partition coefficient (Wildman–Crippen LogP) is 0.764. The molecule has 2 aliphatic rings. The third-order valence-electron chi connectivity index (χ3n) is 3.95. The molecule has 2 saturated heterocycles. The fourth-order valence-electron chi connectivity index (χ4n) is 2.88. The van der Waals surface area contributed by atoms with Crippen molar-refractivity contribution in [1.29, 1.82) is 0 Å². The van der Waals surface area contributed by atoms with Crippen LogP contribution in [-0.2, 0) is 0 Å². The Kier molecular flexibility index (Phi) is 4.00. The second-order valence-electron chi connectivity index (χ2n) is 5.25. The zero-order chi connectivity index (χ0) is 10.7. The van der Waals surface area contributed by atoms with E-state index in [1.807, 2.05) is 0 Å². The zero-order valence-electron chi connectivity index (χ0n) is 10.2. The zero-order valence-corrected chi connectivity index (χ0v) is 10.2. The number of nitrogens with one attached hydrogen (secondary N) is 1. The number of nitrogens with zero attached hydrogens (tertiary/aromatic N) is 2. The number of rotatable bonds is 2. The summed E-state index contributed by atoms with van der Waals surface area (Å²) in [4.78, 5) is 5.10. The Morgan fingerprint density at radius 3 is 2.73 bits per heavy atom. The Hall–Kier alpha value is -0.120. The van der Waals surface area contributed by atoms with Crippen LogP contribution >= 0.6 is 0 Å². The van der Waals surface area contributed by atoms with Gasteiger partial charge in [-0.1, -0.05) is 0 Å². The summed E-state index contributed by atoms with van der Waals surface area (Å²) in [6.45, 7) is 5.03. The summed E-state index contributed by atoms with van der Waals surface area (Å²) < 4.78 is 0. The molecule has 0 spiro atoms. The summed E-state index contributed by atoms with van der Waals surface area (Å²) in [5.41, 5.74) is 0. The van der Waals surface area contributed by atoms with Crippen LogP contribution in [0.15, 0.2) is 0 Å². The Morgan fingerprint density at radius 2 is 2.07 bits per heavy atom. The van der Waals surface area contributed by atoms with Gasteiger partial charge in [0.15, 0.2) is 0 Å². The highest BCUT2D eigenvalue weighted by Gasteiger charge is 2.27. The molecular formula is C12H25N3. The van der Waals surface area contributed by atoms with Gasteiger partial charge in [-0.2, -0.15) is 0 Å². The Morgan fingerprint density at radius 1 is 1.20 bits per heavy atom. The molecule has 2 unspecified atom stereocenters. The largest absolute Gasteiger partial charge is 0.315 e. The maximum Gasteiger partial charge on any atom is 0.0221 e. The lowest BCUT2D eigenvalue weighted by Gasteiger charge is -2.42. The number of likely N-dealkylation sites (N-methyl/N-ethyl adjacent to an activating group) is 1. The number of likely N-dealkylation sites (tertiary alicyclic amines) is 1. The molecule has 2 rings (SSSR count). The van der Waals surface area contributed by atoms with E-state index < -0.39 is 0 Å². The minimum Gasteiger partial charge on any atom is -0.315 e. The average Bonchev–Trinajstić information content (AvgIpc) is 2.30. The molecule has 2 fully saturated rings. The SMILES string of the molecule is CN(C)C1CCCN(C2CCCNC2)C1. The van der Waals surface area contributed by atoms with Crippen LogP contribution in [0.4, 0.5) is 0 Å². The van der Waals surface area contributed by atoms with Crippen LogP contribution in [0.25, 0.3) is 0 Å². The van der Waals surface area contributed by atoms with Crippen LogP contribution in [-0.4, -0.2) is 62.2 Å². The van der Waals surface area contributed by atoms with Gasteiger partial charge in [0.05, 0.1) is 0 Å².